The molecule has 0 spiro atoms. The average molecular weight is 448 g/mol. The van der Waals surface area contributed by atoms with Crippen LogP contribution in [0.1, 0.15) is 57.0 Å². The molecule has 0 aliphatic heterocycles. The summed E-state index contributed by atoms with van der Waals surface area (Å²) in [5.74, 6) is -0.234. The van der Waals surface area contributed by atoms with Crippen LogP contribution in [0.3, 0.4) is 0 Å². The summed E-state index contributed by atoms with van der Waals surface area (Å²) in [5, 5.41) is 2.94. The molecular weight excluding hydrogens is 416 g/mol. The van der Waals surface area contributed by atoms with Crippen LogP contribution in [0.25, 0.3) is 0 Å². The predicted octanol–water partition coefficient (Wildman–Crippen LogP) is 5.26. The number of halogens is 2. The number of hydrogen-bond donors (Lipinski definition) is 1. The number of benzene rings is 2. The standard InChI is InChI=1S/C25H31F2NO4/c1-6-30-20-11-16(12-21(31-7-2)22(20)32-8-3)23(29)28-15-25(14-24(25,4)5)18-10-9-17(26)13-19(18)27/h9-13H,6-8,14-15H2,1-5H3,(H,28,29). The fraction of sp³-hybridized carbons (Fsp3) is 0.480. The van der Waals surface area contributed by atoms with Crippen molar-refractivity contribution < 1.29 is 27.8 Å². The Morgan fingerprint density at radius 1 is 0.969 bits per heavy atom. The number of ether oxygens (including phenoxy) is 3. The Kier molecular flexibility index (Phi) is 6.96. The third kappa shape index (κ3) is 4.52. The second-order valence-electron chi connectivity index (χ2n) is 8.55. The van der Waals surface area contributed by atoms with Gasteiger partial charge in [-0.1, -0.05) is 19.9 Å². The average Bonchev–Trinajstić information content (AvgIpc) is 3.30. The Morgan fingerprint density at radius 3 is 2.00 bits per heavy atom. The van der Waals surface area contributed by atoms with Crippen LogP contribution in [0.2, 0.25) is 0 Å². The molecule has 1 unspecified atom stereocenters. The molecule has 5 nitrogen and oxygen atoms in total. The quantitative estimate of drug-likeness (QED) is 0.540. The first-order valence-electron chi connectivity index (χ1n) is 11.0. The molecule has 3 rings (SSSR count). The van der Waals surface area contributed by atoms with E-state index < -0.39 is 17.0 Å². The van der Waals surface area contributed by atoms with E-state index in [2.05, 4.69) is 5.32 Å². The summed E-state index contributed by atoms with van der Waals surface area (Å²) in [5.41, 5.74) is -0.0588. The third-order valence-electron chi connectivity index (χ3n) is 6.08. The molecule has 0 radical (unpaired) electrons. The van der Waals surface area contributed by atoms with Crippen LogP contribution in [-0.2, 0) is 5.41 Å². The summed E-state index contributed by atoms with van der Waals surface area (Å²) in [6.07, 6.45) is 0.681. The van der Waals surface area contributed by atoms with E-state index in [0.717, 1.165) is 6.07 Å². The Hall–Kier alpha value is -2.83. The van der Waals surface area contributed by atoms with E-state index >= 15 is 0 Å². The van der Waals surface area contributed by atoms with E-state index in [1.54, 1.807) is 12.1 Å². The lowest BCUT2D eigenvalue weighted by atomic mass is 9.87. The lowest BCUT2D eigenvalue weighted by molar-refractivity contribution is 0.0946. The van der Waals surface area contributed by atoms with Gasteiger partial charge in [0.1, 0.15) is 11.6 Å². The van der Waals surface area contributed by atoms with Crippen molar-refractivity contribution in [2.75, 3.05) is 26.4 Å². The van der Waals surface area contributed by atoms with Crippen LogP contribution in [-0.4, -0.2) is 32.3 Å². The van der Waals surface area contributed by atoms with E-state index in [4.69, 9.17) is 14.2 Å². The molecule has 1 atom stereocenters. The van der Waals surface area contributed by atoms with Gasteiger partial charge in [-0.2, -0.15) is 0 Å². The summed E-state index contributed by atoms with van der Waals surface area (Å²) in [6.45, 7) is 11.0. The second kappa shape index (κ2) is 9.35. The molecule has 0 aromatic heterocycles. The van der Waals surface area contributed by atoms with E-state index in [-0.39, 0.29) is 17.9 Å². The maximum Gasteiger partial charge on any atom is 0.251 e. The van der Waals surface area contributed by atoms with E-state index in [9.17, 15) is 13.6 Å². The van der Waals surface area contributed by atoms with Gasteiger partial charge in [-0.3, -0.25) is 4.79 Å². The van der Waals surface area contributed by atoms with Crippen molar-refractivity contribution in [3.63, 3.8) is 0 Å². The van der Waals surface area contributed by atoms with Gasteiger partial charge >= 0.3 is 0 Å². The summed E-state index contributed by atoms with van der Waals surface area (Å²) in [4.78, 5) is 13.1. The SMILES string of the molecule is CCOc1cc(C(=O)NCC2(c3ccc(F)cc3F)CC2(C)C)cc(OCC)c1OCC. The fourth-order valence-electron chi connectivity index (χ4n) is 4.30. The van der Waals surface area contributed by atoms with Gasteiger partial charge in [-0.25, -0.2) is 8.78 Å². The minimum absolute atomic E-state index is 0.225. The highest BCUT2D eigenvalue weighted by atomic mass is 19.1. The van der Waals surface area contributed by atoms with E-state index in [0.29, 0.717) is 54.6 Å². The molecule has 7 heteroatoms. The molecule has 0 bridgehead atoms. The van der Waals surface area contributed by atoms with Crippen LogP contribution >= 0.6 is 0 Å². The van der Waals surface area contributed by atoms with Crippen molar-refractivity contribution in [3.8, 4) is 17.2 Å². The summed E-state index contributed by atoms with van der Waals surface area (Å²) in [6, 6.07) is 6.86. The maximum absolute atomic E-state index is 14.6. The van der Waals surface area contributed by atoms with Gasteiger partial charge in [0.25, 0.3) is 5.91 Å². The summed E-state index contributed by atoms with van der Waals surface area (Å²) < 4.78 is 45.1. The van der Waals surface area contributed by atoms with Gasteiger partial charge in [0.2, 0.25) is 5.75 Å². The number of carbonyl (C=O) groups excluding carboxylic acids is 1. The normalized spacial score (nSPS) is 18.7. The number of nitrogens with one attached hydrogen (secondary N) is 1. The first-order chi connectivity index (χ1) is 15.2. The number of hydrogen-bond acceptors (Lipinski definition) is 4. The van der Waals surface area contributed by atoms with E-state index in [1.165, 1.54) is 12.1 Å². The second-order valence-corrected chi connectivity index (χ2v) is 8.55. The van der Waals surface area contributed by atoms with Crippen molar-refractivity contribution in [3.05, 3.63) is 53.1 Å². The highest BCUT2D eigenvalue weighted by Crippen LogP contribution is 2.64. The van der Waals surface area contributed by atoms with E-state index in [1.807, 2.05) is 34.6 Å². The highest BCUT2D eigenvalue weighted by molar-refractivity contribution is 5.95. The van der Waals surface area contributed by atoms with Gasteiger partial charge in [0.05, 0.1) is 19.8 Å². The topological polar surface area (TPSA) is 56.8 Å². The number of amides is 1. The van der Waals surface area contributed by atoms with Crippen LogP contribution < -0.4 is 19.5 Å². The molecule has 174 valence electrons. The molecular formula is C25H31F2NO4. The molecule has 1 saturated carbocycles. The van der Waals surface area contributed by atoms with Gasteiger partial charge in [0, 0.05) is 23.6 Å². The molecule has 0 saturated heterocycles. The molecule has 1 aliphatic carbocycles. The smallest absolute Gasteiger partial charge is 0.251 e. The lowest BCUT2D eigenvalue weighted by Crippen LogP contribution is -2.35. The van der Waals surface area contributed by atoms with Crippen molar-refractivity contribution >= 4 is 5.91 Å². The largest absolute Gasteiger partial charge is 0.490 e. The Labute approximate surface area is 188 Å². The van der Waals surface area contributed by atoms with Crippen molar-refractivity contribution in [1.29, 1.82) is 0 Å². The van der Waals surface area contributed by atoms with Crippen molar-refractivity contribution in [1.82, 2.24) is 5.32 Å². The monoisotopic (exact) mass is 447 g/mol. The summed E-state index contributed by atoms with van der Waals surface area (Å²) in [7, 11) is 0. The third-order valence-corrected chi connectivity index (χ3v) is 6.08. The van der Waals surface area contributed by atoms with Crippen LogP contribution in [0.4, 0.5) is 8.78 Å². The zero-order chi connectivity index (χ0) is 23.5. The molecule has 32 heavy (non-hydrogen) atoms. The molecule has 1 N–H and O–H groups in total. The minimum atomic E-state index is -0.620. The zero-order valence-electron chi connectivity index (χ0n) is 19.3. The molecule has 0 heterocycles. The molecule has 1 amide bonds. The van der Waals surface area contributed by atoms with Crippen LogP contribution in [0.15, 0.2) is 30.3 Å². The van der Waals surface area contributed by atoms with Gasteiger partial charge in [-0.05, 0) is 56.4 Å². The first kappa shape index (κ1) is 23.8. The molecule has 1 fully saturated rings. The zero-order valence-corrected chi connectivity index (χ0v) is 19.3. The molecule has 1 aliphatic rings. The number of carbonyl (C=O) groups is 1. The number of rotatable bonds is 10. The van der Waals surface area contributed by atoms with Gasteiger partial charge < -0.3 is 19.5 Å². The Balaban J connectivity index is 1.87. The van der Waals surface area contributed by atoms with Gasteiger partial charge in [-0.15, -0.1) is 0 Å². The fourth-order valence-corrected chi connectivity index (χ4v) is 4.30. The van der Waals surface area contributed by atoms with Gasteiger partial charge in [0.15, 0.2) is 11.5 Å². The first-order valence-corrected chi connectivity index (χ1v) is 11.0. The van der Waals surface area contributed by atoms with Crippen LogP contribution in [0.5, 0.6) is 17.2 Å². The Morgan fingerprint density at radius 2 is 1.53 bits per heavy atom. The minimum Gasteiger partial charge on any atom is -0.490 e. The lowest BCUT2D eigenvalue weighted by Gasteiger charge is -2.23. The van der Waals surface area contributed by atoms with Crippen LogP contribution in [0, 0.1) is 17.0 Å². The van der Waals surface area contributed by atoms with Crippen molar-refractivity contribution in [2.24, 2.45) is 5.41 Å². The van der Waals surface area contributed by atoms with Crippen molar-refractivity contribution in [2.45, 2.75) is 46.5 Å². The predicted molar refractivity (Wildman–Crippen MR) is 119 cm³/mol. The molecule has 2 aromatic carbocycles. The Bertz CT molecular complexity index is 965. The summed E-state index contributed by atoms with van der Waals surface area (Å²) >= 11 is 0. The highest BCUT2D eigenvalue weighted by Gasteiger charge is 2.62. The maximum atomic E-state index is 14.6. The molecule has 2 aromatic rings.